The maximum Gasteiger partial charge on any atom is 0.163 e. The third kappa shape index (κ3) is 12.1. The van der Waals surface area contributed by atoms with Crippen molar-refractivity contribution in [3.63, 3.8) is 0 Å². The van der Waals surface area contributed by atoms with Crippen molar-refractivity contribution >= 4 is 0 Å². The molecule has 0 amide bonds. The second-order valence-electron chi connectivity index (χ2n) is 18.4. The van der Waals surface area contributed by atoms with Gasteiger partial charge in [-0.2, -0.15) is 0 Å². The van der Waals surface area contributed by atoms with Crippen molar-refractivity contribution in [1.29, 1.82) is 0 Å². The van der Waals surface area contributed by atoms with Gasteiger partial charge < -0.3 is 28.4 Å². The summed E-state index contributed by atoms with van der Waals surface area (Å²) in [6.45, 7) is 24.2. The highest BCUT2D eigenvalue weighted by atomic mass is 16.7. The molecule has 3 aliphatic heterocycles. The molecule has 9 aliphatic rings. The zero-order valence-corrected chi connectivity index (χ0v) is 34.1. The molecule has 50 heavy (non-hydrogen) atoms. The van der Waals surface area contributed by atoms with E-state index in [1.807, 2.05) is 20.8 Å². The molecule has 3 heterocycles. The van der Waals surface area contributed by atoms with Crippen LogP contribution in [-0.2, 0) is 28.4 Å². The quantitative estimate of drug-likeness (QED) is 0.158. The zero-order valence-electron chi connectivity index (χ0n) is 34.1. The van der Waals surface area contributed by atoms with Gasteiger partial charge in [0.05, 0.1) is 38.1 Å². The third-order valence-corrected chi connectivity index (χ3v) is 14.2. The first-order valence-corrected chi connectivity index (χ1v) is 21.8. The maximum absolute atomic E-state index is 5.69. The standard InChI is InChI=1S/C11H20O.C10H16.C9H16.C8H16O3.C6H12O2/c1-4-8(2)9-5-6-11(3)10(7-9)12-11;1-2-6-3-7-4-8(6)10-5-9(7)10;1-2-7-3-4-8-6-9(8)5-7;1-4-9-5-7-6-10-8(2,3)11-7;1-2-3-7-4-6-5-8-6/h8-10H,4-7H2,1-3H3;6-10H,2-5H2,1H3;7-9H,2-6H2,1H3;7H,4-6H2,1-3H3;6H,2-5H2,1H3. The Hall–Kier alpha value is -0.240. The SMILES string of the molecule is CCC(C)C1CCC2(C)OC2C1.CCC1CC2CC1C1CC21.CCC1CCC2CC2C1.CCCOCC1CO1.CCOCC1COC(C)(C)O1. The van der Waals surface area contributed by atoms with Gasteiger partial charge in [0.25, 0.3) is 0 Å². The number of epoxide rings is 2. The van der Waals surface area contributed by atoms with Crippen LogP contribution in [0.15, 0.2) is 0 Å². The number of hydrogen-bond donors (Lipinski definition) is 0. The van der Waals surface area contributed by atoms with Crippen molar-refractivity contribution in [2.24, 2.45) is 59.2 Å². The predicted molar refractivity (Wildman–Crippen MR) is 203 cm³/mol. The van der Waals surface area contributed by atoms with Gasteiger partial charge in [-0.25, -0.2) is 0 Å². The molecule has 9 fully saturated rings. The number of rotatable bonds is 11. The van der Waals surface area contributed by atoms with Crippen molar-refractivity contribution in [2.45, 2.75) is 182 Å². The van der Waals surface area contributed by atoms with Crippen molar-refractivity contribution in [1.82, 2.24) is 0 Å². The molecular weight excluding hydrogens is 624 g/mol. The van der Waals surface area contributed by atoms with E-state index in [0.717, 1.165) is 56.5 Å². The lowest BCUT2D eigenvalue weighted by molar-refractivity contribution is -0.144. The van der Waals surface area contributed by atoms with Crippen LogP contribution in [0, 0.1) is 59.2 Å². The molecule has 6 nitrogen and oxygen atoms in total. The van der Waals surface area contributed by atoms with Crippen molar-refractivity contribution < 1.29 is 28.4 Å². The Morgan fingerprint density at radius 1 is 0.700 bits per heavy atom. The molecule has 0 aromatic rings. The van der Waals surface area contributed by atoms with Gasteiger partial charge >= 0.3 is 0 Å². The van der Waals surface area contributed by atoms with E-state index < -0.39 is 5.79 Å². The predicted octanol–water partition coefficient (Wildman–Crippen LogP) is 10.5. The molecule has 0 spiro atoms. The molecular formula is C44H80O6. The second kappa shape index (κ2) is 18.9. The molecule has 0 aromatic carbocycles. The highest BCUT2D eigenvalue weighted by molar-refractivity contribution is 5.09. The van der Waals surface area contributed by atoms with E-state index in [0.29, 0.717) is 31.0 Å². The third-order valence-electron chi connectivity index (χ3n) is 14.2. The van der Waals surface area contributed by atoms with Gasteiger partial charge in [-0.05, 0) is 151 Å². The average molecular weight is 705 g/mol. The van der Waals surface area contributed by atoms with Crippen LogP contribution in [0.3, 0.4) is 0 Å². The van der Waals surface area contributed by atoms with Gasteiger partial charge in [-0.15, -0.1) is 0 Å². The summed E-state index contributed by atoms with van der Waals surface area (Å²) in [5, 5.41) is 0. The highest BCUT2D eigenvalue weighted by Gasteiger charge is 2.60. The van der Waals surface area contributed by atoms with E-state index in [9.17, 15) is 0 Å². The smallest absolute Gasteiger partial charge is 0.163 e. The minimum Gasteiger partial charge on any atom is -0.379 e. The van der Waals surface area contributed by atoms with Crippen LogP contribution < -0.4 is 0 Å². The van der Waals surface area contributed by atoms with Crippen LogP contribution in [0.1, 0.15) is 152 Å². The second-order valence-corrected chi connectivity index (χ2v) is 18.4. The van der Waals surface area contributed by atoms with E-state index in [2.05, 4.69) is 41.5 Å². The molecule has 0 aromatic heterocycles. The summed E-state index contributed by atoms with van der Waals surface area (Å²) in [5.41, 5.74) is 0.309. The zero-order chi connectivity index (χ0) is 35.9. The fraction of sp³-hybridized carbons (Fsp3) is 1.00. The summed E-state index contributed by atoms with van der Waals surface area (Å²) in [6.07, 6.45) is 21.6. The van der Waals surface area contributed by atoms with Crippen molar-refractivity contribution in [3.8, 4) is 0 Å². The Kier molecular flexibility index (Phi) is 15.5. The van der Waals surface area contributed by atoms with E-state index in [4.69, 9.17) is 28.4 Å². The summed E-state index contributed by atoms with van der Waals surface area (Å²) in [5.74, 6) is 10.9. The summed E-state index contributed by atoms with van der Waals surface area (Å²) < 4.78 is 31.9. The Morgan fingerprint density at radius 3 is 2.04 bits per heavy atom. The molecule has 6 heteroatoms. The molecule has 14 atom stereocenters. The monoisotopic (exact) mass is 705 g/mol. The van der Waals surface area contributed by atoms with E-state index in [1.165, 1.54) is 80.5 Å². The van der Waals surface area contributed by atoms with E-state index in [1.54, 1.807) is 38.5 Å². The van der Waals surface area contributed by atoms with Gasteiger partial charge in [0.1, 0.15) is 12.2 Å². The molecule has 6 saturated carbocycles. The van der Waals surface area contributed by atoms with E-state index >= 15 is 0 Å². The summed E-state index contributed by atoms with van der Waals surface area (Å²) in [6, 6.07) is 0. The Morgan fingerprint density at radius 2 is 1.48 bits per heavy atom. The molecule has 6 aliphatic carbocycles. The van der Waals surface area contributed by atoms with Crippen LogP contribution in [0.5, 0.6) is 0 Å². The molecule has 14 unspecified atom stereocenters. The summed E-state index contributed by atoms with van der Waals surface area (Å²) >= 11 is 0. The minimum absolute atomic E-state index is 0.116. The van der Waals surface area contributed by atoms with Crippen molar-refractivity contribution in [3.05, 3.63) is 0 Å². The summed E-state index contributed by atoms with van der Waals surface area (Å²) in [4.78, 5) is 0. The maximum atomic E-state index is 5.69. The highest BCUT2D eigenvalue weighted by Crippen LogP contribution is 2.68. The average Bonchev–Trinajstić information content (AvgIpc) is 4.00. The Bertz CT molecular complexity index is 984. The van der Waals surface area contributed by atoms with Gasteiger partial charge in [0, 0.05) is 13.2 Å². The topological polar surface area (TPSA) is 62.0 Å². The first-order chi connectivity index (χ1) is 24.0. The van der Waals surface area contributed by atoms with Gasteiger partial charge in [0.15, 0.2) is 5.79 Å². The van der Waals surface area contributed by atoms with Gasteiger partial charge in [-0.1, -0.05) is 60.3 Å². The van der Waals surface area contributed by atoms with Crippen LogP contribution >= 0.6 is 0 Å². The molecule has 292 valence electrons. The number of ether oxygens (including phenoxy) is 6. The Labute approximate surface area is 308 Å². The lowest BCUT2D eigenvalue weighted by Gasteiger charge is -2.26. The molecule has 3 saturated heterocycles. The number of hydrogen-bond acceptors (Lipinski definition) is 6. The normalized spacial score (nSPS) is 43.4. The molecule has 0 radical (unpaired) electrons. The van der Waals surface area contributed by atoms with Gasteiger partial charge in [0.2, 0.25) is 0 Å². The van der Waals surface area contributed by atoms with Crippen LogP contribution in [-0.4, -0.2) is 69.3 Å². The lowest BCUT2D eigenvalue weighted by Crippen LogP contribution is -2.24. The fourth-order valence-electron chi connectivity index (χ4n) is 10.3. The first-order valence-electron chi connectivity index (χ1n) is 21.8. The van der Waals surface area contributed by atoms with Crippen LogP contribution in [0.2, 0.25) is 0 Å². The van der Waals surface area contributed by atoms with Crippen LogP contribution in [0.25, 0.3) is 0 Å². The molecule has 2 bridgehead atoms. The number of fused-ring (bicyclic) bond motifs is 7. The Balaban J connectivity index is 0.000000122. The summed E-state index contributed by atoms with van der Waals surface area (Å²) in [7, 11) is 0. The molecule has 9 rings (SSSR count). The fourth-order valence-corrected chi connectivity index (χ4v) is 10.3. The first kappa shape index (κ1) is 40.9. The largest absolute Gasteiger partial charge is 0.379 e. The molecule has 0 N–H and O–H groups in total. The van der Waals surface area contributed by atoms with Crippen molar-refractivity contribution in [2.75, 3.05) is 39.6 Å². The van der Waals surface area contributed by atoms with Gasteiger partial charge in [-0.3, -0.25) is 0 Å². The lowest BCUT2D eigenvalue weighted by atomic mass is 9.76. The minimum atomic E-state index is -0.415. The van der Waals surface area contributed by atoms with E-state index in [-0.39, 0.29) is 6.10 Å². The van der Waals surface area contributed by atoms with Crippen LogP contribution in [0.4, 0.5) is 0 Å².